The summed E-state index contributed by atoms with van der Waals surface area (Å²) in [6, 6.07) is 17.0. The van der Waals surface area contributed by atoms with Gasteiger partial charge in [0.25, 0.3) is 5.91 Å². The maximum atomic E-state index is 12.8. The van der Waals surface area contributed by atoms with Gasteiger partial charge in [-0.05, 0) is 54.4 Å². The Morgan fingerprint density at radius 2 is 2.09 bits per heavy atom. The molecular weight excluding hydrogens is 418 g/mol. The van der Waals surface area contributed by atoms with Crippen LogP contribution in [0.4, 0.5) is 0 Å². The van der Waals surface area contributed by atoms with Crippen LogP contribution in [0.3, 0.4) is 0 Å². The molecule has 8 nitrogen and oxygen atoms in total. The molecule has 4 aromatic rings. The van der Waals surface area contributed by atoms with E-state index >= 15 is 0 Å². The van der Waals surface area contributed by atoms with Crippen molar-refractivity contribution < 1.29 is 14.3 Å². The van der Waals surface area contributed by atoms with Gasteiger partial charge in [-0.25, -0.2) is 4.68 Å². The van der Waals surface area contributed by atoms with Crippen molar-refractivity contribution in [1.82, 2.24) is 25.3 Å². The third-order valence-corrected chi connectivity index (χ3v) is 5.54. The Morgan fingerprint density at radius 1 is 1.18 bits per heavy atom. The van der Waals surface area contributed by atoms with Gasteiger partial charge in [0, 0.05) is 36.0 Å². The Hall–Kier alpha value is -4.20. The van der Waals surface area contributed by atoms with E-state index in [2.05, 4.69) is 26.7 Å². The minimum atomic E-state index is -0.162. The Morgan fingerprint density at radius 3 is 2.85 bits per heavy atom. The summed E-state index contributed by atoms with van der Waals surface area (Å²) in [5.41, 5.74) is 5.23. The molecule has 8 heteroatoms. The highest BCUT2D eigenvalue weighted by molar-refractivity contribution is 5.94. The van der Waals surface area contributed by atoms with E-state index in [4.69, 9.17) is 9.47 Å². The summed E-state index contributed by atoms with van der Waals surface area (Å²) in [6.45, 7) is 2.44. The predicted molar refractivity (Wildman–Crippen MR) is 123 cm³/mol. The molecule has 1 aliphatic heterocycles. The topological polar surface area (TPSA) is 91.2 Å². The number of fused-ring (bicyclic) bond motifs is 1. The van der Waals surface area contributed by atoms with Gasteiger partial charge in [-0.15, -0.1) is 10.2 Å². The standard InChI is InChI=1S/C25H23N5O3/c1-16-11-18-14-20(33-24(18)21(12-16)22-7-8-23(32-2)29-28-22)15-26-25(31)17-5-3-6-19(13-17)30-10-4-9-27-30/h3-13,20H,14-15H2,1-2H3,(H,26,31). The average Bonchev–Trinajstić information content (AvgIpc) is 3.52. The van der Waals surface area contributed by atoms with E-state index in [1.165, 1.54) is 0 Å². The van der Waals surface area contributed by atoms with Gasteiger partial charge in [0.15, 0.2) is 0 Å². The number of rotatable bonds is 6. The monoisotopic (exact) mass is 441 g/mol. The second kappa shape index (κ2) is 8.74. The van der Waals surface area contributed by atoms with Crippen LogP contribution in [0.5, 0.6) is 11.6 Å². The summed E-state index contributed by atoms with van der Waals surface area (Å²) in [6.07, 6.45) is 4.09. The number of aromatic nitrogens is 4. The third-order valence-electron chi connectivity index (χ3n) is 5.54. The van der Waals surface area contributed by atoms with Crippen LogP contribution in [0.1, 0.15) is 21.5 Å². The van der Waals surface area contributed by atoms with Crippen molar-refractivity contribution in [2.45, 2.75) is 19.4 Å². The molecule has 1 aliphatic rings. The summed E-state index contributed by atoms with van der Waals surface area (Å²) in [5, 5.41) is 15.6. The van der Waals surface area contributed by atoms with E-state index in [9.17, 15) is 4.79 Å². The lowest BCUT2D eigenvalue weighted by molar-refractivity contribution is 0.0933. The molecule has 5 rings (SSSR count). The van der Waals surface area contributed by atoms with Gasteiger partial charge in [-0.2, -0.15) is 5.10 Å². The van der Waals surface area contributed by atoms with Gasteiger partial charge in [0.1, 0.15) is 11.9 Å². The van der Waals surface area contributed by atoms with Crippen molar-refractivity contribution in [3.05, 3.63) is 83.7 Å². The lowest BCUT2D eigenvalue weighted by Crippen LogP contribution is -2.34. The third kappa shape index (κ3) is 4.27. The first-order valence-electron chi connectivity index (χ1n) is 10.7. The van der Waals surface area contributed by atoms with Gasteiger partial charge >= 0.3 is 0 Å². The number of benzene rings is 2. The second-order valence-corrected chi connectivity index (χ2v) is 7.92. The van der Waals surface area contributed by atoms with Crippen molar-refractivity contribution in [3.63, 3.8) is 0 Å². The highest BCUT2D eigenvalue weighted by Gasteiger charge is 2.27. The molecule has 0 aliphatic carbocycles. The lowest BCUT2D eigenvalue weighted by Gasteiger charge is -2.14. The molecule has 1 amide bonds. The Balaban J connectivity index is 1.29. The summed E-state index contributed by atoms with van der Waals surface area (Å²) in [7, 11) is 1.56. The van der Waals surface area contributed by atoms with E-state index < -0.39 is 0 Å². The minimum absolute atomic E-state index is 0.152. The fourth-order valence-electron chi connectivity index (χ4n) is 3.99. The van der Waals surface area contributed by atoms with Crippen LogP contribution in [0.2, 0.25) is 0 Å². The number of nitrogens with zero attached hydrogens (tertiary/aromatic N) is 4. The second-order valence-electron chi connectivity index (χ2n) is 7.92. The molecule has 166 valence electrons. The van der Waals surface area contributed by atoms with E-state index in [1.54, 1.807) is 30.1 Å². The zero-order valence-electron chi connectivity index (χ0n) is 18.4. The van der Waals surface area contributed by atoms with Gasteiger partial charge in [0.05, 0.1) is 25.0 Å². The number of nitrogens with one attached hydrogen (secondary N) is 1. The fourth-order valence-corrected chi connectivity index (χ4v) is 3.99. The van der Waals surface area contributed by atoms with Gasteiger partial charge in [0.2, 0.25) is 5.88 Å². The Bertz CT molecular complexity index is 1290. The summed E-state index contributed by atoms with van der Waals surface area (Å²) in [5.74, 6) is 1.10. The fraction of sp³-hybridized carbons (Fsp3) is 0.200. The van der Waals surface area contributed by atoms with Crippen LogP contribution < -0.4 is 14.8 Å². The number of aryl methyl sites for hydroxylation is 1. The number of methoxy groups -OCH3 is 1. The molecule has 2 aromatic heterocycles. The predicted octanol–water partition coefficient (Wildman–Crippen LogP) is 3.38. The van der Waals surface area contributed by atoms with Crippen LogP contribution in [-0.4, -0.2) is 45.6 Å². The van der Waals surface area contributed by atoms with Crippen molar-refractivity contribution in [2.75, 3.05) is 13.7 Å². The first kappa shape index (κ1) is 20.7. The molecule has 0 saturated heterocycles. The average molecular weight is 441 g/mol. The quantitative estimate of drug-likeness (QED) is 0.493. The molecular formula is C25H23N5O3. The highest BCUT2D eigenvalue weighted by Crippen LogP contribution is 2.39. The Labute approximate surface area is 191 Å². The van der Waals surface area contributed by atoms with Gasteiger partial charge in [-0.1, -0.05) is 12.1 Å². The molecule has 0 saturated carbocycles. The number of hydrogen-bond acceptors (Lipinski definition) is 6. The molecule has 1 unspecified atom stereocenters. The molecule has 1 N–H and O–H groups in total. The van der Waals surface area contributed by atoms with E-state index in [-0.39, 0.29) is 12.0 Å². The molecule has 1 atom stereocenters. The molecule has 0 spiro atoms. The number of ether oxygens (including phenoxy) is 2. The number of carbonyl (C=O) groups excluding carboxylic acids is 1. The first-order chi connectivity index (χ1) is 16.1. The van der Waals surface area contributed by atoms with Crippen LogP contribution in [0.15, 0.2) is 67.0 Å². The number of hydrogen-bond donors (Lipinski definition) is 1. The van der Waals surface area contributed by atoms with Crippen LogP contribution in [0, 0.1) is 6.92 Å². The van der Waals surface area contributed by atoms with E-state index in [0.717, 1.165) is 33.8 Å². The van der Waals surface area contributed by atoms with Crippen LogP contribution >= 0.6 is 0 Å². The first-order valence-corrected chi connectivity index (χ1v) is 10.7. The summed E-state index contributed by atoms with van der Waals surface area (Å²) < 4.78 is 13.1. The molecule has 0 bridgehead atoms. The van der Waals surface area contributed by atoms with E-state index in [0.29, 0.717) is 24.4 Å². The maximum absolute atomic E-state index is 12.8. The zero-order chi connectivity index (χ0) is 22.8. The molecule has 33 heavy (non-hydrogen) atoms. The number of carbonyl (C=O) groups is 1. The van der Waals surface area contributed by atoms with Crippen molar-refractivity contribution >= 4 is 5.91 Å². The number of amides is 1. The smallest absolute Gasteiger partial charge is 0.251 e. The zero-order valence-corrected chi connectivity index (χ0v) is 18.4. The van der Waals surface area contributed by atoms with Gasteiger partial charge in [-0.3, -0.25) is 4.79 Å². The van der Waals surface area contributed by atoms with Crippen LogP contribution in [0.25, 0.3) is 16.9 Å². The minimum Gasteiger partial charge on any atom is -0.487 e. The lowest BCUT2D eigenvalue weighted by atomic mass is 10.0. The summed E-state index contributed by atoms with van der Waals surface area (Å²) >= 11 is 0. The molecule has 0 radical (unpaired) electrons. The van der Waals surface area contributed by atoms with Crippen LogP contribution in [-0.2, 0) is 6.42 Å². The Kier molecular flexibility index (Phi) is 5.48. The SMILES string of the molecule is COc1ccc(-c2cc(C)cc3c2OC(CNC(=O)c2cccc(-n4cccn4)c2)C3)nn1. The van der Waals surface area contributed by atoms with Gasteiger partial charge < -0.3 is 14.8 Å². The largest absolute Gasteiger partial charge is 0.487 e. The van der Waals surface area contributed by atoms with Crippen molar-refractivity contribution in [2.24, 2.45) is 0 Å². The molecule has 0 fully saturated rings. The maximum Gasteiger partial charge on any atom is 0.251 e. The summed E-state index contributed by atoms with van der Waals surface area (Å²) in [4.78, 5) is 12.8. The molecule has 3 heterocycles. The highest BCUT2D eigenvalue weighted by atomic mass is 16.5. The molecule has 2 aromatic carbocycles. The van der Waals surface area contributed by atoms with Crippen molar-refractivity contribution in [1.29, 1.82) is 0 Å². The van der Waals surface area contributed by atoms with Crippen molar-refractivity contribution in [3.8, 4) is 28.6 Å². The van der Waals surface area contributed by atoms with E-state index in [1.807, 2.05) is 49.5 Å². The normalized spacial score (nSPS) is 14.4.